The lowest BCUT2D eigenvalue weighted by Crippen LogP contribution is -2.43. The Morgan fingerprint density at radius 1 is 1.03 bits per heavy atom. The third kappa shape index (κ3) is 8.20. The molecule has 8 heteroatoms. The molecule has 2 amide bonds. The van der Waals surface area contributed by atoms with Gasteiger partial charge in [0.1, 0.15) is 12.7 Å². The van der Waals surface area contributed by atoms with E-state index in [0.717, 1.165) is 17.5 Å². The second kappa shape index (κ2) is 13.4. The van der Waals surface area contributed by atoms with Crippen molar-refractivity contribution in [3.05, 3.63) is 71.8 Å². The fraction of sp³-hybridized carbons (Fsp3) is 0.517. The molecule has 1 N–H and O–H groups in total. The quantitative estimate of drug-likeness (QED) is 0.469. The van der Waals surface area contributed by atoms with Gasteiger partial charge >= 0.3 is 12.2 Å². The van der Waals surface area contributed by atoms with E-state index in [1.165, 1.54) is 0 Å². The lowest BCUT2D eigenvalue weighted by Gasteiger charge is -2.27. The van der Waals surface area contributed by atoms with Crippen LogP contribution in [-0.2, 0) is 32.0 Å². The summed E-state index contributed by atoms with van der Waals surface area (Å²) in [5.74, 6) is 0.359. The van der Waals surface area contributed by atoms with E-state index < -0.39 is 6.09 Å². The van der Waals surface area contributed by atoms with Gasteiger partial charge in [0.15, 0.2) is 6.29 Å². The number of amides is 2. The first kappa shape index (κ1) is 26.9. The van der Waals surface area contributed by atoms with Crippen molar-refractivity contribution in [2.45, 2.75) is 58.2 Å². The number of alkyl carbamates (subject to hydrolysis) is 1. The molecule has 0 aliphatic carbocycles. The van der Waals surface area contributed by atoms with Gasteiger partial charge in [0.2, 0.25) is 0 Å². The number of carbonyl (C=O) groups is 2. The largest absolute Gasteiger partial charge is 0.445 e. The summed E-state index contributed by atoms with van der Waals surface area (Å²) >= 11 is 0. The van der Waals surface area contributed by atoms with Crippen molar-refractivity contribution < 1.29 is 28.5 Å². The van der Waals surface area contributed by atoms with Crippen LogP contribution in [0.3, 0.4) is 0 Å². The molecule has 4 rings (SSSR count). The van der Waals surface area contributed by atoms with Crippen LogP contribution >= 0.6 is 0 Å². The maximum Gasteiger partial charge on any atom is 0.410 e. The Morgan fingerprint density at radius 3 is 2.43 bits per heavy atom. The van der Waals surface area contributed by atoms with Gasteiger partial charge in [0.05, 0.1) is 19.1 Å². The standard InChI is InChI=1S/C29H38N2O6/c1-21(2)18-31(29(33)36-19-23-11-7-4-8-12-23)15-13-24(17-22-9-5-3-6-10-22)30-28(32)37-26-20-35-27-25(26)14-16-34-27/h3-12,21,24-27H,13-20H2,1-2H3,(H,30,32)/t24-,25?,26+,27-/m1/s1. The van der Waals surface area contributed by atoms with E-state index in [0.29, 0.717) is 39.1 Å². The van der Waals surface area contributed by atoms with Gasteiger partial charge in [0, 0.05) is 19.1 Å². The second-order valence-electron chi connectivity index (χ2n) is 10.2. The third-order valence-corrected chi connectivity index (χ3v) is 6.69. The molecular weight excluding hydrogens is 472 g/mol. The van der Waals surface area contributed by atoms with E-state index in [1.807, 2.05) is 60.7 Å². The Bertz CT molecular complexity index is 986. The number of rotatable bonds is 11. The van der Waals surface area contributed by atoms with Crippen molar-refractivity contribution in [1.29, 1.82) is 0 Å². The molecule has 0 radical (unpaired) electrons. The lowest BCUT2D eigenvalue weighted by atomic mass is 10.0. The van der Waals surface area contributed by atoms with Crippen molar-refractivity contribution in [2.24, 2.45) is 11.8 Å². The van der Waals surface area contributed by atoms with Crippen LogP contribution in [0.5, 0.6) is 0 Å². The van der Waals surface area contributed by atoms with E-state index in [4.69, 9.17) is 18.9 Å². The zero-order valence-corrected chi connectivity index (χ0v) is 21.7. The number of ether oxygens (including phenoxy) is 4. The van der Waals surface area contributed by atoms with Crippen molar-refractivity contribution in [2.75, 3.05) is 26.3 Å². The first-order valence-corrected chi connectivity index (χ1v) is 13.2. The minimum atomic E-state index is -0.468. The Morgan fingerprint density at radius 2 is 1.73 bits per heavy atom. The summed E-state index contributed by atoms with van der Waals surface area (Å²) < 4.78 is 22.5. The van der Waals surface area contributed by atoms with Gasteiger partial charge in [-0.3, -0.25) is 0 Å². The minimum Gasteiger partial charge on any atom is -0.445 e. The molecule has 2 aromatic rings. The Hall–Kier alpha value is -3.10. The molecule has 2 aliphatic rings. The summed E-state index contributed by atoms with van der Waals surface area (Å²) in [6, 6.07) is 19.4. The van der Waals surface area contributed by atoms with Gasteiger partial charge in [-0.15, -0.1) is 0 Å². The van der Waals surface area contributed by atoms with Gasteiger partial charge in [0.25, 0.3) is 0 Å². The van der Waals surface area contributed by atoms with Crippen molar-refractivity contribution in [3.8, 4) is 0 Å². The number of hydrogen-bond donors (Lipinski definition) is 1. The SMILES string of the molecule is CC(C)CN(CC[C@H](Cc1ccccc1)NC(=O)O[C@H]1CO[C@H]2OCCC21)C(=O)OCc1ccccc1. The molecule has 2 aromatic carbocycles. The number of hydrogen-bond acceptors (Lipinski definition) is 6. The fourth-order valence-electron chi connectivity index (χ4n) is 4.83. The summed E-state index contributed by atoms with van der Waals surface area (Å²) in [5.41, 5.74) is 2.04. The van der Waals surface area contributed by atoms with E-state index in [2.05, 4.69) is 19.2 Å². The third-order valence-electron chi connectivity index (χ3n) is 6.69. The smallest absolute Gasteiger partial charge is 0.410 e. The number of benzene rings is 2. The highest BCUT2D eigenvalue weighted by atomic mass is 16.7. The molecule has 2 fully saturated rings. The fourth-order valence-corrected chi connectivity index (χ4v) is 4.83. The maximum absolute atomic E-state index is 12.9. The van der Waals surface area contributed by atoms with Crippen LogP contribution in [0.15, 0.2) is 60.7 Å². The molecule has 0 bridgehead atoms. The molecule has 37 heavy (non-hydrogen) atoms. The van der Waals surface area contributed by atoms with Crippen molar-refractivity contribution in [3.63, 3.8) is 0 Å². The molecule has 0 spiro atoms. The number of fused-ring (bicyclic) bond motifs is 1. The van der Waals surface area contributed by atoms with Crippen molar-refractivity contribution in [1.82, 2.24) is 10.2 Å². The van der Waals surface area contributed by atoms with Gasteiger partial charge < -0.3 is 29.2 Å². The maximum atomic E-state index is 12.9. The highest BCUT2D eigenvalue weighted by molar-refractivity contribution is 5.68. The average molecular weight is 511 g/mol. The van der Waals surface area contributed by atoms with E-state index in [-0.39, 0.29) is 43.0 Å². The topological polar surface area (TPSA) is 86.3 Å². The Kier molecular flexibility index (Phi) is 9.79. The molecule has 200 valence electrons. The molecule has 2 saturated heterocycles. The molecule has 2 heterocycles. The lowest BCUT2D eigenvalue weighted by molar-refractivity contribution is -0.0907. The van der Waals surface area contributed by atoms with Crippen LogP contribution in [0.25, 0.3) is 0 Å². The molecule has 2 aliphatic heterocycles. The zero-order chi connectivity index (χ0) is 26.0. The first-order chi connectivity index (χ1) is 18.0. The number of nitrogens with one attached hydrogen (secondary N) is 1. The summed E-state index contributed by atoms with van der Waals surface area (Å²) in [7, 11) is 0. The van der Waals surface area contributed by atoms with Crippen LogP contribution in [-0.4, -0.2) is 61.8 Å². The summed E-state index contributed by atoms with van der Waals surface area (Å²) in [6.45, 7) is 6.35. The van der Waals surface area contributed by atoms with Crippen LogP contribution in [0.1, 0.15) is 37.8 Å². The first-order valence-electron chi connectivity index (χ1n) is 13.2. The average Bonchev–Trinajstić information content (AvgIpc) is 3.51. The normalized spacial score (nSPS) is 21.3. The van der Waals surface area contributed by atoms with E-state index in [1.54, 1.807) is 4.90 Å². The second-order valence-corrected chi connectivity index (χ2v) is 10.2. The molecule has 4 atom stereocenters. The Labute approximate surface area is 219 Å². The zero-order valence-electron chi connectivity index (χ0n) is 21.7. The van der Waals surface area contributed by atoms with Crippen LogP contribution in [0.4, 0.5) is 9.59 Å². The summed E-state index contributed by atoms with van der Waals surface area (Å²) in [5, 5.41) is 3.04. The summed E-state index contributed by atoms with van der Waals surface area (Å²) in [4.78, 5) is 27.5. The Balaban J connectivity index is 1.36. The predicted molar refractivity (Wildman–Crippen MR) is 139 cm³/mol. The van der Waals surface area contributed by atoms with Gasteiger partial charge in [-0.2, -0.15) is 0 Å². The predicted octanol–water partition coefficient (Wildman–Crippen LogP) is 4.77. The summed E-state index contributed by atoms with van der Waals surface area (Å²) in [6.07, 6.45) is 0.609. The van der Waals surface area contributed by atoms with Gasteiger partial charge in [-0.1, -0.05) is 74.5 Å². The van der Waals surface area contributed by atoms with E-state index >= 15 is 0 Å². The van der Waals surface area contributed by atoms with Gasteiger partial charge in [-0.05, 0) is 36.3 Å². The molecular formula is C29H38N2O6. The van der Waals surface area contributed by atoms with E-state index in [9.17, 15) is 9.59 Å². The van der Waals surface area contributed by atoms with Crippen LogP contribution in [0, 0.1) is 11.8 Å². The number of carbonyl (C=O) groups excluding carboxylic acids is 2. The highest BCUT2D eigenvalue weighted by Gasteiger charge is 2.44. The molecule has 0 aromatic heterocycles. The minimum absolute atomic E-state index is 0.0826. The highest BCUT2D eigenvalue weighted by Crippen LogP contribution is 2.33. The van der Waals surface area contributed by atoms with Crippen molar-refractivity contribution >= 4 is 12.2 Å². The number of nitrogens with zero attached hydrogens (tertiary/aromatic N) is 1. The molecule has 0 saturated carbocycles. The molecule has 8 nitrogen and oxygen atoms in total. The van der Waals surface area contributed by atoms with Crippen LogP contribution in [0.2, 0.25) is 0 Å². The van der Waals surface area contributed by atoms with Gasteiger partial charge in [-0.25, -0.2) is 9.59 Å². The molecule has 1 unspecified atom stereocenters. The van der Waals surface area contributed by atoms with Crippen LogP contribution < -0.4 is 5.32 Å². The monoisotopic (exact) mass is 510 g/mol.